The minimum Gasteiger partial charge on any atom is -0.394 e. The molecular weight excluding hydrogens is 911 g/mol. The number of nitrogens with one attached hydrogen (secondary N) is 1. The van der Waals surface area contributed by atoms with Crippen LogP contribution in [0.4, 0.5) is 0 Å². The minimum absolute atomic E-state index is 0.191. The molecule has 418 valence electrons. The summed E-state index contributed by atoms with van der Waals surface area (Å²) < 4.78 is 11.2. The van der Waals surface area contributed by atoms with E-state index in [0.29, 0.717) is 6.42 Å². The average molecular weight is 1020 g/mol. The quantitative estimate of drug-likeness (QED) is 0.0261. The van der Waals surface area contributed by atoms with Crippen LogP contribution in [-0.4, -0.2) is 87.5 Å². The lowest BCUT2D eigenvalue weighted by atomic mass is 9.99. The summed E-state index contributed by atoms with van der Waals surface area (Å²) in [7, 11) is 0. The highest BCUT2D eigenvalue weighted by atomic mass is 16.7. The fraction of sp³-hybridized carbons (Fsp3) is 0.703. The van der Waals surface area contributed by atoms with Crippen LogP contribution in [0.5, 0.6) is 0 Å². The van der Waals surface area contributed by atoms with Crippen LogP contribution in [0.15, 0.2) is 109 Å². The van der Waals surface area contributed by atoms with Gasteiger partial charge in [-0.15, -0.1) is 0 Å². The normalized spacial score (nSPS) is 19.9. The molecule has 1 rings (SSSR count). The van der Waals surface area contributed by atoms with Gasteiger partial charge in [0.05, 0.1) is 25.4 Å². The molecule has 0 aromatic rings. The Kier molecular flexibility index (Phi) is 48.6. The van der Waals surface area contributed by atoms with Gasteiger partial charge in [-0.05, 0) is 89.9 Å². The lowest BCUT2D eigenvalue weighted by molar-refractivity contribution is -0.302. The van der Waals surface area contributed by atoms with Crippen LogP contribution in [0.1, 0.15) is 232 Å². The van der Waals surface area contributed by atoms with Gasteiger partial charge in [0.25, 0.3) is 0 Å². The molecule has 0 spiro atoms. The van der Waals surface area contributed by atoms with E-state index in [1.807, 2.05) is 6.08 Å². The number of hydrogen-bond acceptors (Lipinski definition) is 8. The highest BCUT2D eigenvalue weighted by Crippen LogP contribution is 2.23. The van der Waals surface area contributed by atoms with Crippen molar-refractivity contribution in [2.24, 2.45) is 0 Å². The van der Waals surface area contributed by atoms with Crippen molar-refractivity contribution < 1.29 is 39.8 Å². The Balaban J connectivity index is 2.03. The van der Waals surface area contributed by atoms with Crippen molar-refractivity contribution >= 4 is 5.91 Å². The topological polar surface area (TPSA) is 149 Å². The number of carbonyl (C=O) groups is 1. The summed E-state index contributed by atoms with van der Waals surface area (Å²) in [5, 5.41) is 54.2. The molecule has 9 heteroatoms. The third-order valence-electron chi connectivity index (χ3n) is 13.3. The zero-order valence-corrected chi connectivity index (χ0v) is 46.4. The van der Waals surface area contributed by atoms with Crippen molar-refractivity contribution in [2.45, 2.75) is 275 Å². The van der Waals surface area contributed by atoms with Crippen LogP contribution in [0, 0.1) is 0 Å². The second-order valence-corrected chi connectivity index (χ2v) is 20.0. The maximum atomic E-state index is 13.0. The monoisotopic (exact) mass is 1020 g/mol. The second-order valence-electron chi connectivity index (χ2n) is 20.0. The summed E-state index contributed by atoms with van der Waals surface area (Å²) in [6.45, 7) is 3.58. The summed E-state index contributed by atoms with van der Waals surface area (Å²) in [6, 6.07) is -0.823. The minimum atomic E-state index is -1.57. The van der Waals surface area contributed by atoms with Crippen molar-refractivity contribution in [3.05, 3.63) is 109 Å². The molecule has 1 heterocycles. The van der Waals surface area contributed by atoms with Gasteiger partial charge in [0.1, 0.15) is 24.4 Å². The zero-order chi connectivity index (χ0) is 52.9. The first-order chi connectivity index (χ1) is 35.8. The number of ether oxygens (including phenoxy) is 2. The molecular formula is C64H109NO8. The number of aliphatic hydroxyl groups is 5. The van der Waals surface area contributed by atoms with Gasteiger partial charge in [-0.2, -0.15) is 0 Å². The van der Waals surface area contributed by atoms with Crippen molar-refractivity contribution in [1.82, 2.24) is 5.32 Å². The SMILES string of the molecule is CC/C=C\C/C=C\C/C=C\C/C=C\C/C=C\C/C=C\C/C=C\CCCCCCCCCCCCCCCCCCCCCC(=O)NC(COC1OC(CO)C(O)C(O)C1O)C(O)/C=C/CC/C=C/CCCCC. The van der Waals surface area contributed by atoms with Gasteiger partial charge in [0, 0.05) is 6.42 Å². The van der Waals surface area contributed by atoms with Crippen LogP contribution >= 0.6 is 0 Å². The van der Waals surface area contributed by atoms with Gasteiger partial charge in [-0.1, -0.05) is 245 Å². The molecule has 0 radical (unpaired) electrons. The van der Waals surface area contributed by atoms with E-state index in [2.05, 4.69) is 116 Å². The van der Waals surface area contributed by atoms with Gasteiger partial charge in [0.2, 0.25) is 5.91 Å². The van der Waals surface area contributed by atoms with Crippen LogP contribution in [0.2, 0.25) is 0 Å². The number of allylic oxidation sites excluding steroid dienone is 17. The van der Waals surface area contributed by atoms with Gasteiger partial charge < -0.3 is 40.3 Å². The molecule has 0 bridgehead atoms. The molecule has 1 amide bonds. The Morgan fingerprint density at radius 2 is 0.863 bits per heavy atom. The highest BCUT2D eigenvalue weighted by Gasteiger charge is 2.44. The molecule has 0 aliphatic carbocycles. The molecule has 1 saturated heterocycles. The number of rotatable bonds is 49. The number of hydrogen-bond donors (Lipinski definition) is 6. The Morgan fingerprint density at radius 3 is 1.32 bits per heavy atom. The van der Waals surface area contributed by atoms with Crippen LogP contribution < -0.4 is 5.32 Å². The number of unbranched alkanes of at least 4 members (excludes halogenated alkanes) is 23. The smallest absolute Gasteiger partial charge is 0.220 e. The van der Waals surface area contributed by atoms with E-state index >= 15 is 0 Å². The fourth-order valence-corrected chi connectivity index (χ4v) is 8.68. The van der Waals surface area contributed by atoms with Gasteiger partial charge in [0.15, 0.2) is 6.29 Å². The van der Waals surface area contributed by atoms with E-state index in [1.165, 1.54) is 128 Å². The molecule has 73 heavy (non-hydrogen) atoms. The first-order valence-electron chi connectivity index (χ1n) is 29.6. The van der Waals surface area contributed by atoms with Gasteiger partial charge >= 0.3 is 0 Å². The Morgan fingerprint density at radius 1 is 0.479 bits per heavy atom. The first-order valence-corrected chi connectivity index (χ1v) is 29.6. The van der Waals surface area contributed by atoms with Crippen LogP contribution in [-0.2, 0) is 14.3 Å². The first kappa shape index (κ1) is 67.9. The largest absolute Gasteiger partial charge is 0.394 e. The van der Waals surface area contributed by atoms with E-state index in [4.69, 9.17) is 9.47 Å². The number of aliphatic hydroxyl groups excluding tert-OH is 5. The Bertz CT molecular complexity index is 1510. The van der Waals surface area contributed by atoms with E-state index in [9.17, 15) is 30.3 Å². The Labute approximate surface area is 446 Å². The standard InChI is InChI=1S/C64H109NO8/c1-3-5-7-9-11-13-14-15-16-17-18-19-20-21-22-23-24-25-26-27-28-29-30-31-32-33-34-35-36-37-38-39-40-41-42-43-44-46-48-50-52-54-60(68)65-57(58(67)53-51-49-47-45-12-10-8-6-4-2)56-72-64-63(71)62(70)61(69)59(55-66)73-64/h5,7,11-13,15-16,18-19,21-22,24-25,27-28,45,51,53,57-59,61-64,66-67,69-71H,3-4,6,8-10,14,17,20,23,26,29-44,46-50,52,54-56H2,1-2H3,(H,65,68)/b7-5-,13-11-,16-15-,19-18-,22-21-,25-24-,28-27-,45-12+,53-51+. The summed E-state index contributed by atoms with van der Waals surface area (Å²) >= 11 is 0. The lowest BCUT2D eigenvalue weighted by Crippen LogP contribution is -2.60. The summed E-state index contributed by atoms with van der Waals surface area (Å²) in [5.41, 5.74) is 0. The van der Waals surface area contributed by atoms with Crippen LogP contribution in [0.25, 0.3) is 0 Å². The molecule has 0 aromatic heterocycles. The molecule has 1 aliphatic rings. The number of amides is 1. The fourth-order valence-electron chi connectivity index (χ4n) is 8.68. The predicted octanol–water partition coefficient (Wildman–Crippen LogP) is 15.0. The van der Waals surface area contributed by atoms with E-state index in [0.717, 1.165) is 83.5 Å². The summed E-state index contributed by atoms with van der Waals surface area (Å²) in [5.74, 6) is -0.191. The van der Waals surface area contributed by atoms with E-state index in [-0.39, 0.29) is 12.5 Å². The maximum Gasteiger partial charge on any atom is 0.220 e. The van der Waals surface area contributed by atoms with E-state index < -0.39 is 49.5 Å². The average Bonchev–Trinajstić information content (AvgIpc) is 3.39. The molecule has 6 N–H and O–H groups in total. The highest BCUT2D eigenvalue weighted by molar-refractivity contribution is 5.76. The third kappa shape index (κ3) is 41.7. The molecule has 1 fully saturated rings. The van der Waals surface area contributed by atoms with Gasteiger partial charge in [-0.3, -0.25) is 4.79 Å². The molecule has 0 aromatic carbocycles. The molecule has 7 unspecified atom stereocenters. The molecule has 0 saturated carbocycles. The lowest BCUT2D eigenvalue weighted by Gasteiger charge is -2.40. The zero-order valence-electron chi connectivity index (χ0n) is 46.4. The van der Waals surface area contributed by atoms with Crippen molar-refractivity contribution in [3.8, 4) is 0 Å². The number of carbonyl (C=O) groups excluding carboxylic acids is 1. The molecule has 9 nitrogen and oxygen atoms in total. The second kappa shape index (κ2) is 52.3. The van der Waals surface area contributed by atoms with Crippen LogP contribution in [0.3, 0.4) is 0 Å². The molecule has 1 aliphatic heterocycles. The summed E-state index contributed by atoms with van der Waals surface area (Å²) in [4.78, 5) is 13.0. The maximum absolute atomic E-state index is 13.0. The van der Waals surface area contributed by atoms with Gasteiger partial charge in [-0.25, -0.2) is 0 Å². The third-order valence-corrected chi connectivity index (χ3v) is 13.3. The molecule has 7 atom stereocenters. The predicted molar refractivity (Wildman–Crippen MR) is 308 cm³/mol. The summed E-state index contributed by atoms with van der Waals surface area (Å²) in [6.07, 6.45) is 70.6. The van der Waals surface area contributed by atoms with E-state index in [1.54, 1.807) is 6.08 Å². The van der Waals surface area contributed by atoms with Crippen molar-refractivity contribution in [3.63, 3.8) is 0 Å². The van der Waals surface area contributed by atoms with Crippen molar-refractivity contribution in [1.29, 1.82) is 0 Å². The van der Waals surface area contributed by atoms with Crippen molar-refractivity contribution in [2.75, 3.05) is 13.2 Å². The Hall–Kier alpha value is -3.15.